The third-order valence-corrected chi connectivity index (χ3v) is 5.84. The normalized spacial score (nSPS) is 18.2. The highest BCUT2D eigenvalue weighted by atomic mass is 14.9. The zero-order valence-corrected chi connectivity index (χ0v) is 16.8. The van der Waals surface area contributed by atoms with Crippen molar-refractivity contribution >= 4 is 0 Å². The molecule has 1 aliphatic carbocycles. The molecule has 152 valence electrons. The Morgan fingerprint density at radius 2 is 2.03 bits per heavy atom. The van der Waals surface area contributed by atoms with Crippen LogP contribution in [0.15, 0.2) is 55.1 Å². The number of aryl methyl sites for hydroxylation is 1. The van der Waals surface area contributed by atoms with Crippen LogP contribution in [0.25, 0.3) is 0 Å². The third-order valence-electron chi connectivity index (χ3n) is 5.84. The zero-order chi connectivity index (χ0) is 19.9. The molecule has 0 amide bonds. The Kier molecular flexibility index (Phi) is 6.64. The Bertz CT molecular complexity index is 864. The zero-order valence-electron chi connectivity index (χ0n) is 16.8. The van der Waals surface area contributed by atoms with Gasteiger partial charge >= 0.3 is 0 Å². The number of aromatic nitrogens is 4. The molecule has 3 heterocycles. The summed E-state index contributed by atoms with van der Waals surface area (Å²) < 4.78 is 0. The Labute approximate surface area is 172 Å². The van der Waals surface area contributed by atoms with Crippen LogP contribution in [0.5, 0.6) is 0 Å². The number of fused-ring (bicyclic) bond motifs is 1. The number of nitrogens with zero attached hydrogens (tertiary/aromatic N) is 3. The van der Waals surface area contributed by atoms with Gasteiger partial charge in [-0.25, -0.2) is 4.98 Å². The average molecular weight is 391 g/mol. The van der Waals surface area contributed by atoms with Gasteiger partial charge in [0.2, 0.25) is 0 Å². The van der Waals surface area contributed by atoms with E-state index in [1.54, 1.807) is 6.20 Å². The fraction of sp³-hybridized carbons (Fsp3) is 0.435. The van der Waals surface area contributed by atoms with Crippen molar-refractivity contribution in [2.45, 2.75) is 56.5 Å². The van der Waals surface area contributed by atoms with Gasteiger partial charge in [0.1, 0.15) is 5.82 Å². The fourth-order valence-electron chi connectivity index (χ4n) is 4.30. The van der Waals surface area contributed by atoms with E-state index < -0.39 is 0 Å². The molecule has 0 saturated carbocycles. The van der Waals surface area contributed by atoms with Crippen LogP contribution in [0.2, 0.25) is 0 Å². The molecule has 3 unspecified atom stereocenters. The van der Waals surface area contributed by atoms with E-state index >= 15 is 0 Å². The van der Waals surface area contributed by atoms with Gasteiger partial charge in [0, 0.05) is 54.9 Å². The van der Waals surface area contributed by atoms with E-state index in [0.29, 0.717) is 6.04 Å². The first-order valence-corrected chi connectivity index (χ1v) is 10.6. The molecule has 0 radical (unpaired) electrons. The Balaban J connectivity index is 1.31. The second-order valence-electron chi connectivity index (χ2n) is 7.86. The summed E-state index contributed by atoms with van der Waals surface area (Å²) in [5.41, 5.74) is 10.3. The van der Waals surface area contributed by atoms with Gasteiger partial charge in [0.15, 0.2) is 0 Å². The van der Waals surface area contributed by atoms with Crippen molar-refractivity contribution in [2.75, 3.05) is 6.54 Å². The van der Waals surface area contributed by atoms with Crippen molar-refractivity contribution in [3.63, 3.8) is 0 Å². The number of rotatable bonds is 9. The van der Waals surface area contributed by atoms with E-state index in [0.717, 1.165) is 50.2 Å². The van der Waals surface area contributed by atoms with E-state index in [2.05, 4.69) is 37.4 Å². The number of hydrogen-bond donors (Lipinski definition) is 3. The van der Waals surface area contributed by atoms with Crippen LogP contribution in [0, 0.1) is 0 Å². The number of H-pyrrole nitrogens is 1. The van der Waals surface area contributed by atoms with E-state index in [1.165, 1.54) is 17.7 Å². The third kappa shape index (κ3) is 5.08. The lowest BCUT2D eigenvalue weighted by molar-refractivity contribution is 0.416. The van der Waals surface area contributed by atoms with Gasteiger partial charge in [-0.15, -0.1) is 0 Å². The summed E-state index contributed by atoms with van der Waals surface area (Å²) in [6, 6.07) is 10.7. The maximum Gasteiger partial charge on any atom is 0.111 e. The van der Waals surface area contributed by atoms with Crippen LogP contribution in [0.4, 0.5) is 0 Å². The molecule has 3 aromatic heterocycles. The molecule has 0 aliphatic heterocycles. The summed E-state index contributed by atoms with van der Waals surface area (Å²) in [4.78, 5) is 16.8. The molecule has 0 fully saturated rings. The average Bonchev–Trinajstić information content (AvgIpc) is 3.30. The summed E-state index contributed by atoms with van der Waals surface area (Å²) in [5.74, 6) is 1.08. The molecule has 4 rings (SSSR count). The minimum absolute atomic E-state index is 0.0294. The molecule has 4 N–H and O–H groups in total. The largest absolute Gasteiger partial charge is 0.348 e. The van der Waals surface area contributed by atoms with Crippen molar-refractivity contribution in [3.8, 4) is 0 Å². The fourth-order valence-corrected chi connectivity index (χ4v) is 4.30. The molecule has 0 saturated heterocycles. The van der Waals surface area contributed by atoms with Gasteiger partial charge in [0.05, 0.1) is 5.69 Å². The number of pyridine rings is 2. The maximum atomic E-state index is 6.62. The summed E-state index contributed by atoms with van der Waals surface area (Å²) in [6.45, 7) is 0.947. The Morgan fingerprint density at radius 3 is 2.86 bits per heavy atom. The maximum absolute atomic E-state index is 6.62. The quantitative estimate of drug-likeness (QED) is 0.488. The molecule has 6 heteroatoms. The first-order chi connectivity index (χ1) is 14.3. The summed E-state index contributed by atoms with van der Waals surface area (Å²) in [6.07, 6.45) is 13.7. The molecule has 3 aromatic rings. The second kappa shape index (κ2) is 9.76. The highest BCUT2D eigenvalue weighted by molar-refractivity contribution is 5.25. The van der Waals surface area contributed by atoms with Gasteiger partial charge in [-0.2, -0.15) is 0 Å². The van der Waals surface area contributed by atoms with Crippen LogP contribution >= 0.6 is 0 Å². The van der Waals surface area contributed by atoms with Crippen molar-refractivity contribution < 1.29 is 0 Å². The predicted octanol–water partition coefficient (Wildman–Crippen LogP) is 3.30. The van der Waals surface area contributed by atoms with Gasteiger partial charge in [-0.1, -0.05) is 12.1 Å². The second-order valence-corrected chi connectivity index (χ2v) is 7.86. The lowest BCUT2D eigenvalue weighted by Crippen LogP contribution is -2.33. The Morgan fingerprint density at radius 1 is 1.10 bits per heavy atom. The monoisotopic (exact) mass is 390 g/mol. The lowest BCUT2D eigenvalue weighted by atomic mass is 9.90. The van der Waals surface area contributed by atoms with E-state index in [1.807, 2.05) is 36.8 Å². The summed E-state index contributed by atoms with van der Waals surface area (Å²) in [5, 5.41) is 3.70. The number of hydrogen-bond acceptors (Lipinski definition) is 5. The van der Waals surface area contributed by atoms with Gasteiger partial charge in [-0.05, 0) is 62.4 Å². The van der Waals surface area contributed by atoms with Gasteiger partial charge < -0.3 is 16.0 Å². The van der Waals surface area contributed by atoms with Crippen LogP contribution in [-0.4, -0.2) is 32.5 Å². The molecule has 0 spiro atoms. The summed E-state index contributed by atoms with van der Waals surface area (Å²) in [7, 11) is 0. The first kappa shape index (κ1) is 19.7. The first-order valence-electron chi connectivity index (χ1n) is 10.6. The van der Waals surface area contributed by atoms with E-state index in [9.17, 15) is 0 Å². The SMILES string of the molecule is NC(CCCNC1CCCc2cccnc21)C(Cc1ccccn1)c1ncc[nH]1. The number of aromatic amines is 1. The number of nitrogens with one attached hydrogen (secondary N) is 2. The smallest absolute Gasteiger partial charge is 0.111 e. The molecule has 3 atom stereocenters. The van der Waals surface area contributed by atoms with Crippen LogP contribution in [-0.2, 0) is 12.8 Å². The molecular formula is C23H30N6. The minimum Gasteiger partial charge on any atom is -0.348 e. The highest BCUT2D eigenvalue weighted by Crippen LogP contribution is 2.28. The standard InChI is InChI=1S/C23H30N6/c24-20(19(23-28-14-15-29-23)16-18-8-1-2-11-25-18)9-5-12-26-21-10-3-6-17-7-4-13-27-22(17)21/h1-2,4,7-8,11,13-15,19-21,26H,3,5-6,9-10,12,16,24H2,(H,28,29). The summed E-state index contributed by atoms with van der Waals surface area (Å²) >= 11 is 0. The van der Waals surface area contributed by atoms with Crippen LogP contribution in [0.1, 0.15) is 60.4 Å². The lowest BCUT2D eigenvalue weighted by Gasteiger charge is -2.26. The predicted molar refractivity (Wildman–Crippen MR) is 114 cm³/mol. The molecule has 0 bridgehead atoms. The molecule has 0 aromatic carbocycles. The number of imidazole rings is 1. The van der Waals surface area contributed by atoms with Gasteiger partial charge in [-0.3, -0.25) is 9.97 Å². The van der Waals surface area contributed by atoms with Crippen molar-refractivity contribution in [1.29, 1.82) is 0 Å². The van der Waals surface area contributed by atoms with Crippen LogP contribution in [0.3, 0.4) is 0 Å². The Hall–Kier alpha value is -2.57. The molecule has 6 nitrogen and oxygen atoms in total. The van der Waals surface area contributed by atoms with E-state index in [4.69, 9.17) is 5.73 Å². The van der Waals surface area contributed by atoms with Crippen molar-refractivity contribution in [3.05, 3.63) is 77.9 Å². The van der Waals surface area contributed by atoms with Crippen molar-refractivity contribution in [2.24, 2.45) is 5.73 Å². The van der Waals surface area contributed by atoms with Crippen LogP contribution < -0.4 is 11.1 Å². The topological polar surface area (TPSA) is 92.5 Å². The van der Waals surface area contributed by atoms with Gasteiger partial charge in [0.25, 0.3) is 0 Å². The molecule has 1 aliphatic rings. The van der Waals surface area contributed by atoms with E-state index in [-0.39, 0.29) is 12.0 Å². The van der Waals surface area contributed by atoms with Crippen molar-refractivity contribution in [1.82, 2.24) is 25.3 Å². The highest BCUT2D eigenvalue weighted by Gasteiger charge is 2.24. The molecule has 29 heavy (non-hydrogen) atoms. The minimum atomic E-state index is 0.0294. The number of nitrogens with two attached hydrogens (primary N) is 1. The molecular weight excluding hydrogens is 360 g/mol.